The van der Waals surface area contributed by atoms with Crippen LogP contribution in [-0.2, 0) is 0 Å². The Morgan fingerprint density at radius 2 is 1.64 bits per heavy atom. The van der Waals surface area contributed by atoms with E-state index in [1.807, 2.05) is 0 Å². The lowest BCUT2D eigenvalue weighted by Crippen LogP contribution is -2.49. The van der Waals surface area contributed by atoms with Crippen molar-refractivity contribution in [2.45, 2.75) is 59.5 Å². The normalized spacial score (nSPS) is 17.5. The van der Waals surface area contributed by atoms with Gasteiger partial charge in [0.1, 0.15) is 0 Å². The fraction of sp³-hybridized carbons (Fsp3) is 1.00. The van der Waals surface area contributed by atoms with E-state index in [-0.39, 0.29) is 0 Å². The molecular formula is C10H23N. The monoisotopic (exact) mass is 157 g/mol. The van der Waals surface area contributed by atoms with Gasteiger partial charge in [0.25, 0.3) is 0 Å². The third-order valence-corrected chi connectivity index (χ3v) is 2.63. The summed E-state index contributed by atoms with van der Waals surface area (Å²) in [6, 6.07) is 0.586. The molecule has 0 rings (SSSR count). The maximum absolute atomic E-state index is 3.61. The zero-order valence-corrected chi connectivity index (χ0v) is 8.86. The molecule has 0 aliphatic heterocycles. The number of hydrogen-bond donors (Lipinski definition) is 1. The third kappa shape index (κ3) is 3.24. The van der Waals surface area contributed by atoms with Gasteiger partial charge >= 0.3 is 0 Å². The summed E-state index contributed by atoms with van der Waals surface area (Å²) in [5, 5.41) is 3.61. The van der Waals surface area contributed by atoms with Crippen molar-refractivity contribution in [3.05, 3.63) is 0 Å². The molecule has 0 aromatic carbocycles. The summed E-state index contributed by atoms with van der Waals surface area (Å²) in [6.07, 6.45) is 1.20. The van der Waals surface area contributed by atoms with Crippen LogP contribution >= 0.6 is 0 Å². The molecule has 0 radical (unpaired) electrons. The summed E-state index contributed by atoms with van der Waals surface area (Å²) in [5.74, 6) is 0.704. The summed E-state index contributed by atoms with van der Waals surface area (Å²) < 4.78 is 0. The molecule has 1 nitrogen and oxygen atoms in total. The minimum atomic E-state index is 0.314. The first-order valence-corrected chi connectivity index (χ1v) is 4.70. The van der Waals surface area contributed by atoms with Crippen LogP contribution in [0, 0.1) is 5.92 Å². The standard InChI is InChI=1S/C10H23N/c1-7-10(6,8(2)3)11-9(4)5/h8-9,11H,7H2,1-6H3. The lowest BCUT2D eigenvalue weighted by molar-refractivity contribution is 0.233. The van der Waals surface area contributed by atoms with Gasteiger partial charge < -0.3 is 5.32 Å². The fourth-order valence-corrected chi connectivity index (χ4v) is 1.34. The molecule has 0 aliphatic rings. The molecule has 11 heavy (non-hydrogen) atoms. The average Bonchev–Trinajstić information content (AvgIpc) is 1.86. The Kier molecular flexibility index (Phi) is 4.09. The molecule has 1 unspecified atom stereocenters. The van der Waals surface area contributed by atoms with Crippen molar-refractivity contribution in [3.63, 3.8) is 0 Å². The van der Waals surface area contributed by atoms with E-state index in [1.165, 1.54) is 6.42 Å². The van der Waals surface area contributed by atoms with Crippen LogP contribution in [0.4, 0.5) is 0 Å². The van der Waals surface area contributed by atoms with Crippen molar-refractivity contribution in [2.75, 3.05) is 0 Å². The quantitative estimate of drug-likeness (QED) is 0.661. The van der Waals surface area contributed by atoms with Gasteiger partial charge in [-0.2, -0.15) is 0 Å². The summed E-state index contributed by atoms with van der Waals surface area (Å²) in [7, 11) is 0. The summed E-state index contributed by atoms with van der Waals surface area (Å²) >= 11 is 0. The highest BCUT2D eigenvalue weighted by Gasteiger charge is 2.25. The van der Waals surface area contributed by atoms with E-state index in [0.717, 1.165) is 0 Å². The Bertz CT molecular complexity index is 107. The Hall–Kier alpha value is -0.0400. The van der Waals surface area contributed by atoms with E-state index in [9.17, 15) is 0 Å². The van der Waals surface area contributed by atoms with Gasteiger partial charge in [-0.1, -0.05) is 34.6 Å². The lowest BCUT2D eigenvalue weighted by Gasteiger charge is -2.36. The van der Waals surface area contributed by atoms with Gasteiger partial charge in [-0.3, -0.25) is 0 Å². The van der Waals surface area contributed by atoms with Crippen LogP contribution in [0.15, 0.2) is 0 Å². The van der Waals surface area contributed by atoms with E-state index in [0.29, 0.717) is 17.5 Å². The predicted octanol–water partition coefficient (Wildman–Crippen LogP) is 2.81. The minimum Gasteiger partial charge on any atom is -0.309 e. The molecule has 0 saturated carbocycles. The van der Waals surface area contributed by atoms with E-state index in [1.54, 1.807) is 0 Å². The van der Waals surface area contributed by atoms with Gasteiger partial charge in [-0.15, -0.1) is 0 Å². The van der Waals surface area contributed by atoms with Gasteiger partial charge in [0.2, 0.25) is 0 Å². The molecular weight excluding hydrogens is 134 g/mol. The van der Waals surface area contributed by atoms with Crippen molar-refractivity contribution in [1.82, 2.24) is 5.32 Å². The Balaban J connectivity index is 4.10. The topological polar surface area (TPSA) is 12.0 Å². The molecule has 1 atom stereocenters. The summed E-state index contributed by atoms with van der Waals surface area (Å²) in [6.45, 7) is 13.5. The van der Waals surface area contributed by atoms with Crippen molar-refractivity contribution in [1.29, 1.82) is 0 Å². The smallest absolute Gasteiger partial charge is 0.0175 e. The van der Waals surface area contributed by atoms with Gasteiger partial charge in [0.15, 0.2) is 0 Å². The second kappa shape index (κ2) is 4.10. The molecule has 1 N–H and O–H groups in total. The van der Waals surface area contributed by atoms with Gasteiger partial charge in [0, 0.05) is 11.6 Å². The highest BCUT2D eigenvalue weighted by atomic mass is 15.0. The molecule has 0 aromatic rings. The SMILES string of the molecule is CCC(C)(NC(C)C)C(C)C. The Labute approximate surface area is 71.6 Å². The molecule has 68 valence electrons. The largest absolute Gasteiger partial charge is 0.309 e. The van der Waals surface area contributed by atoms with Crippen molar-refractivity contribution < 1.29 is 0 Å². The number of rotatable bonds is 4. The summed E-state index contributed by atoms with van der Waals surface area (Å²) in [4.78, 5) is 0. The molecule has 0 spiro atoms. The van der Waals surface area contributed by atoms with Gasteiger partial charge in [-0.25, -0.2) is 0 Å². The molecule has 0 fully saturated rings. The molecule has 0 saturated heterocycles. The van der Waals surface area contributed by atoms with Crippen LogP contribution in [0.5, 0.6) is 0 Å². The fourth-order valence-electron chi connectivity index (χ4n) is 1.34. The van der Waals surface area contributed by atoms with Gasteiger partial charge in [-0.05, 0) is 19.3 Å². The molecule has 1 heteroatoms. The maximum Gasteiger partial charge on any atom is 0.0175 e. The molecule has 0 bridgehead atoms. The van der Waals surface area contributed by atoms with E-state index >= 15 is 0 Å². The van der Waals surface area contributed by atoms with Crippen LogP contribution in [0.3, 0.4) is 0 Å². The molecule has 0 amide bonds. The van der Waals surface area contributed by atoms with Crippen LogP contribution in [0.1, 0.15) is 48.0 Å². The molecule has 0 aromatic heterocycles. The van der Waals surface area contributed by atoms with E-state index in [2.05, 4.69) is 46.9 Å². The van der Waals surface area contributed by atoms with E-state index in [4.69, 9.17) is 0 Å². The Morgan fingerprint density at radius 3 is 1.73 bits per heavy atom. The molecule has 0 aliphatic carbocycles. The zero-order chi connectivity index (χ0) is 9.07. The van der Waals surface area contributed by atoms with Crippen LogP contribution in [0.25, 0.3) is 0 Å². The van der Waals surface area contributed by atoms with Crippen LogP contribution in [-0.4, -0.2) is 11.6 Å². The summed E-state index contributed by atoms with van der Waals surface area (Å²) in [5.41, 5.74) is 0.314. The van der Waals surface area contributed by atoms with Crippen LogP contribution in [0.2, 0.25) is 0 Å². The predicted molar refractivity (Wildman–Crippen MR) is 51.8 cm³/mol. The second-order valence-electron chi connectivity index (χ2n) is 4.22. The lowest BCUT2D eigenvalue weighted by atomic mass is 9.85. The average molecular weight is 157 g/mol. The first kappa shape index (κ1) is 11.0. The van der Waals surface area contributed by atoms with Crippen LogP contribution < -0.4 is 5.32 Å². The number of hydrogen-bond acceptors (Lipinski definition) is 1. The first-order valence-electron chi connectivity index (χ1n) is 4.70. The zero-order valence-electron chi connectivity index (χ0n) is 8.86. The van der Waals surface area contributed by atoms with Gasteiger partial charge in [0.05, 0.1) is 0 Å². The van der Waals surface area contributed by atoms with Crippen molar-refractivity contribution in [2.24, 2.45) is 5.92 Å². The van der Waals surface area contributed by atoms with Crippen molar-refractivity contribution >= 4 is 0 Å². The molecule has 0 heterocycles. The highest BCUT2D eigenvalue weighted by Crippen LogP contribution is 2.20. The number of nitrogens with one attached hydrogen (secondary N) is 1. The van der Waals surface area contributed by atoms with Crippen molar-refractivity contribution in [3.8, 4) is 0 Å². The Morgan fingerprint density at radius 1 is 1.18 bits per heavy atom. The second-order valence-corrected chi connectivity index (χ2v) is 4.22. The van der Waals surface area contributed by atoms with E-state index < -0.39 is 0 Å². The maximum atomic E-state index is 3.61. The first-order chi connectivity index (χ1) is 4.92. The highest BCUT2D eigenvalue weighted by molar-refractivity contribution is 4.85. The minimum absolute atomic E-state index is 0.314. The third-order valence-electron chi connectivity index (χ3n) is 2.63.